The molecule has 0 radical (unpaired) electrons. The molecule has 2 N–H and O–H groups in total. The van der Waals surface area contributed by atoms with E-state index in [4.69, 9.17) is 5.11 Å². The van der Waals surface area contributed by atoms with Crippen LogP contribution in [0, 0.1) is 19.3 Å². The predicted molar refractivity (Wildman–Crippen MR) is 84.7 cm³/mol. The van der Waals surface area contributed by atoms with Crippen molar-refractivity contribution >= 4 is 11.9 Å². The number of aliphatic carboxylic acids is 1. The molecule has 2 aromatic rings. The summed E-state index contributed by atoms with van der Waals surface area (Å²) < 4.78 is 1.71. The van der Waals surface area contributed by atoms with Crippen LogP contribution in [0.5, 0.6) is 0 Å². The summed E-state index contributed by atoms with van der Waals surface area (Å²) in [4.78, 5) is 23.5. The number of rotatable bonds is 5. The van der Waals surface area contributed by atoms with E-state index in [2.05, 4.69) is 10.4 Å². The van der Waals surface area contributed by atoms with Gasteiger partial charge in [0.25, 0.3) is 5.91 Å². The molecule has 1 aromatic heterocycles. The first-order valence-electron chi connectivity index (χ1n) is 7.56. The van der Waals surface area contributed by atoms with Gasteiger partial charge in [-0.1, -0.05) is 12.1 Å². The minimum atomic E-state index is -0.843. The molecule has 1 heterocycles. The second kappa shape index (κ2) is 5.53. The van der Waals surface area contributed by atoms with Crippen LogP contribution in [0.25, 0.3) is 5.69 Å². The van der Waals surface area contributed by atoms with Gasteiger partial charge in [0.1, 0.15) is 0 Å². The summed E-state index contributed by atoms with van der Waals surface area (Å²) in [5.74, 6) is -1.13. The van der Waals surface area contributed by atoms with Crippen molar-refractivity contribution in [2.45, 2.75) is 26.7 Å². The molecule has 120 valence electrons. The van der Waals surface area contributed by atoms with Crippen molar-refractivity contribution in [2.24, 2.45) is 5.41 Å². The maximum absolute atomic E-state index is 12.3. The third kappa shape index (κ3) is 2.84. The number of benzene rings is 1. The van der Waals surface area contributed by atoms with Gasteiger partial charge in [0.05, 0.1) is 28.6 Å². The summed E-state index contributed by atoms with van der Waals surface area (Å²) in [6.07, 6.45) is 2.75. The highest BCUT2D eigenvalue weighted by atomic mass is 16.4. The van der Waals surface area contributed by atoms with Crippen LogP contribution in [0.4, 0.5) is 0 Å². The lowest BCUT2D eigenvalue weighted by molar-refractivity contribution is -0.143. The average molecular weight is 313 g/mol. The fraction of sp³-hybridized carbons (Fsp3) is 0.353. The number of carboxylic acids is 1. The SMILES string of the molecule is Cc1cccc(-n2ncc(C(=O)NCC3(C(=O)O)CC3)c2C)c1. The van der Waals surface area contributed by atoms with Crippen molar-refractivity contribution in [1.82, 2.24) is 15.1 Å². The van der Waals surface area contributed by atoms with Gasteiger partial charge in [0, 0.05) is 6.54 Å². The van der Waals surface area contributed by atoms with Crippen LogP contribution in [0.1, 0.15) is 34.5 Å². The van der Waals surface area contributed by atoms with E-state index >= 15 is 0 Å². The van der Waals surface area contributed by atoms with Crippen molar-refractivity contribution in [3.8, 4) is 5.69 Å². The van der Waals surface area contributed by atoms with E-state index in [-0.39, 0.29) is 12.5 Å². The molecule has 3 rings (SSSR count). The molecule has 1 amide bonds. The van der Waals surface area contributed by atoms with Gasteiger partial charge in [-0.2, -0.15) is 5.10 Å². The number of hydrogen-bond acceptors (Lipinski definition) is 3. The Morgan fingerprint density at radius 2 is 2.09 bits per heavy atom. The third-order valence-electron chi connectivity index (χ3n) is 4.40. The number of aromatic nitrogens is 2. The van der Waals surface area contributed by atoms with Crippen LogP contribution < -0.4 is 5.32 Å². The molecule has 1 aliphatic rings. The lowest BCUT2D eigenvalue weighted by atomic mass is 10.1. The van der Waals surface area contributed by atoms with Crippen LogP contribution >= 0.6 is 0 Å². The van der Waals surface area contributed by atoms with Crippen LogP contribution in [0.3, 0.4) is 0 Å². The molecule has 6 heteroatoms. The van der Waals surface area contributed by atoms with Crippen molar-refractivity contribution in [3.63, 3.8) is 0 Å². The Morgan fingerprint density at radius 3 is 2.70 bits per heavy atom. The van der Waals surface area contributed by atoms with Crippen LogP contribution in [0.2, 0.25) is 0 Å². The van der Waals surface area contributed by atoms with E-state index in [9.17, 15) is 9.59 Å². The molecule has 1 aliphatic carbocycles. The van der Waals surface area contributed by atoms with Gasteiger partial charge in [-0.3, -0.25) is 9.59 Å². The van der Waals surface area contributed by atoms with Gasteiger partial charge >= 0.3 is 5.97 Å². The number of nitrogens with one attached hydrogen (secondary N) is 1. The van der Waals surface area contributed by atoms with E-state index in [0.29, 0.717) is 18.4 Å². The Morgan fingerprint density at radius 1 is 1.35 bits per heavy atom. The monoisotopic (exact) mass is 313 g/mol. The third-order valence-corrected chi connectivity index (χ3v) is 4.40. The second-order valence-electron chi connectivity index (χ2n) is 6.16. The second-order valence-corrected chi connectivity index (χ2v) is 6.16. The first-order valence-corrected chi connectivity index (χ1v) is 7.56. The van der Waals surface area contributed by atoms with Gasteiger partial charge in [-0.25, -0.2) is 4.68 Å². The molecule has 23 heavy (non-hydrogen) atoms. The maximum atomic E-state index is 12.3. The van der Waals surface area contributed by atoms with Crippen molar-refractivity contribution in [2.75, 3.05) is 6.54 Å². The molecular weight excluding hydrogens is 294 g/mol. The van der Waals surface area contributed by atoms with Crippen LogP contribution in [-0.4, -0.2) is 33.3 Å². The molecule has 1 fully saturated rings. The molecule has 0 unspecified atom stereocenters. The molecule has 0 atom stereocenters. The summed E-state index contributed by atoms with van der Waals surface area (Å²) >= 11 is 0. The zero-order valence-corrected chi connectivity index (χ0v) is 13.2. The van der Waals surface area contributed by atoms with Gasteiger partial charge in [0.2, 0.25) is 0 Å². The van der Waals surface area contributed by atoms with Gasteiger partial charge < -0.3 is 10.4 Å². The quantitative estimate of drug-likeness (QED) is 0.885. The first kappa shape index (κ1) is 15.3. The van der Waals surface area contributed by atoms with E-state index in [1.807, 2.05) is 38.1 Å². The highest BCUT2D eigenvalue weighted by Gasteiger charge is 2.50. The Kier molecular flexibility index (Phi) is 3.67. The topological polar surface area (TPSA) is 84.2 Å². The number of hydrogen-bond donors (Lipinski definition) is 2. The molecular formula is C17H19N3O3. The van der Waals surface area contributed by atoms with Crippen LogP contribution in [0.15, 0.2) is 30.5 Å². The smallest absolute Gasteiger partial charge is 0.311 e. The number of aryl methyl sites for hydroxylation is 1. The lowest BCUT2D eigenvalue weighted by Crippen LogP contribution is -2.34. The van der Waals surface area contributed by atoms with E-state index in [1.165, 1.54) is 6.20 Å². The van der Waals surface area contributed by atoms with Gasteiger partial charge in [0.15, 0.2) is 0 Å². The molecule has 0 bridgehead atoms. The molecule has 6 nitrogen and oxygen atoms in total. The number of carbonyl (C=O) groups is 2. The highest BCUT2D eigenvalue weighted by Crippen LogP contribution is 2.45. The van der Waals surface area contributed by atoms with Crippen molar-refractivity contribution in [1.29, 1.82) is 0 Å². The number of nitrogens with zero attached hydrogens (tertiary/aromatic N) is 2. The summed E-state index contributed by atoms with van der Waals surface area (Å²) in [7, 11) is 0. The zero-order chi connectivity index (χ0) is 16.6. The summed E-state index contributed by atoms with van der Waals surface area (Å²) in [6, 6.07) is 7.86. The largest absolute Gasteiger partial charge is 0.481 e. The minimum Gasteiger partial charge on any atom is -0.481 e. The minimum absolute atomic E-state index is 0.163. The van der Waals surface area contributed by atoms with Crippen LogP contribution in [-0.2, 0) is 4.79 Å². The van der Waals surface area contributed by atoms with E-state index < -0.39 is 11.4 Å². The van der Waals surface area contributed by atoms with Gasteiger partial charge in [-0.15, -0.1) is 0 Å². The lowest BCUT2D eigenvalue weighted by Gasteiger charge is -2.11. The number of amides is 1. The van der Waals surface area contributed by atoms with E-state index in [1.54, 1.807) is 4.68 Å². The number of carboxylic acid groups (broad SMARTS) is 1. The normalized spacial score (nSPS) is 15.2. The Balaban J connectivity index is 1.76. The fourth-order valence-electron chi connectivity index (χ4n) is 2.61. The molecule has 1 aromatic carbocycles. The Labute approximate surface area is 134 Å². The summed E-state index contributed by atoms with van der Waals surface area (Å²) in [5, 5.41) is 16.2. The summed E-state index contributed by atoms with van der Waals surface area (Å²) in [5.41, 5.74) is 2.43. The van der Waals surface area contributed by atoms with E-state index in [0.717, 1.165) is 16.9 Å². The highest BCUT2D eigenvalue weighted by molar-refractivity contribution is 5.95. The predicted octanol–water partition coefficient (Wildman–Crippen LogP) is 2.08. The average Bonchev–Trinajstić information content (AvgIpc) is 3.21. The number of carbonyl (C=O) groups excluding carboxylic acids is 1. The molecule has 0 saturated heterocycles. The first-order chi connectivity index (χ1) is 10.9. The Hall–Kier alpha value is -2.63. The summed E-state index contributed by atoms with van der Waals surface area (Å²) in [6.45, 7) is 3.99. The van der Waals surface area contributed by atoms with Gasteiger partial charge in [-0.05, 0) is 44.4 Å². The maximum Gasteiger partial charge on any atom is 0.311 e. The Bertz CT molecular complexity index is 775. The zero-order valence-electron chi connectivity index (χ0n) is 13.2. The molecule has 0 aliphatic heterocycles. The fourth-order valence-corrected chi connectivity index (χ4v) is 2.61. The standard InChI is InChI=1S/C17H19N3O3/c1-11-4-3-5-13(8-11)20-12(2)14(9-19-20)15(21)18-10-17(6-7-17)16(22)23/h3-5,8-9H,6-7,10H2,1-2H3,(H,18,21)(H,22,23). The van der Waals surface area contributed by atoms with Crippen molar-refractivity contribution in [3.05, 3.63) is 47.3 Å². The molecule has 1 saturated carbocycles. The van der Waals surface area contributed by atoms with Crippen molar-refractivity contribution < 1.29 is 14.7 Å². The molecule has 0 spiro atoms.